The van der Waals surface area contributed by atoms with Gasteiger partial charge in [-0.05, 0) is 57.1 Å². The van der Waals surface area contributed by atoms with Crippen LogP contribution in [0.2, 0.25) is 0 Å². The highest BCUT2D eigenvalue weighted by molar-refractivity contribution is 5.51. The number of nitrogens with one attached hydrogen (secondary N) is 1. The van der Waals surface area contributed by atoms with E-state index >= 15 is 0 Å². The molecule has 0 radical (unpaired) electrons. The molecule has 0 spiro atoms. The van der Waals surface area contributed by atoms with Crippen LogP contribution in [-0.2, 0) is 0 Å². The van der Waals surface area contributed by atoms with Gasteiger partial charge in [0.2, 0.25) is 0 Å². The minimum Gasteiger partial charge on any atom is -0.395 e. The summed E-state index contributed by atoms with van der Waals surface area (Å²) in [6, 6.07) is 12.1. The van der Waals surface area contributed by atoms with Gasteiger partial charge in [0.25, 0.3) is 0 Å². The number of anilines is 2. The molecule has 0 saturated carbocycles. The predicted molar refractivity (Wildman–Crippen MR) is 92.0 cm³/mol. The number of rotatable bonds is 5. The van der Waals surface area contributed by atoms with Gasteiger partial charge in [0.15, 0.2) is 0 Å². The lowest BCUT2D eigenvalue weighted by atomic mass is 9.93. The van der Waals surface area contributed by atoms with Crippen molar-refractivity contribution in [1.29, 1.82) is 0 Å². The van der Waals surface area contributed by atoms with Crippen molar-refractivity contribution in [3.8, 4) is 0 Å². The second-order valence-corrected chi connectivity index (χ2v) is 6.08. The number of pyridine rings is 2. The third-order valence-corrected chi connectivity index (χ3v) is 4.34. The van der Waals surface area contributed by atoms with E-state index in [9.17, 15) is 0 Å². The van der Waals surface area contributed by atoms with Gasteiger partial charge in [0, 0.05) is 23.9 Å². The maximum Gasteiger partial charge on any atom is 0.131 e. The Labute approximate surface area is 137 Å². The summed E-state index contributed by atoms with van der Waals surface area (Å²) in [6.45, 7) is 5.07. The fourth-order valence-electron chi connectivity index (χ4n) is 3.09. The molecular formula is C18H24N4O. The second-order valence-electron chi connectivity index (χ2n) is 6.08. The zero-order chi connectivity index (χ0) is 16.1. The van der Waals surface area contributed by atoms with E-state index in [1.54, 1.807) is 0 Å². The molecular weight excluding hydrogens is 288 g/mol. The lowest BCUT2D eigenvalue weighted by Gasteiger charge is -2.31. The van der Waals surface area contributed by atoms with E-state index in [0.29, 0.717) is 5.92 Å². The molecule has 23 heavy (non-hydrogen) atoms. The molecule has 0 unspecified atom stereocenters. The maximum absolute atomic E-state index is 9.03. The van der Waals surface area contributed by atoms with E-state index in [4.69, 9.17) is 10.1 Å². The summed E-state index contributed by atoms with van der Waals surface area (Å²) in [4.78, 5) is 11.5. The van der Waals surface area contributed by atoms with Crippen molar-refractivity contribution in [2.24, 2.45) is 0 Å². The highest BCUT2D eigenvalue weighted by Gasteiger charge is 2.21. The van der Waals surface area contributed by atoms with E-state index in [1.165, 1.54) is 0 Å². The second kappa shape index (κ2) is 7.53. The summed E-state index contributed by atoms with van der Waals surface area (Å²) in [6.07, 6.45) is 2.19. The Morgan fingerprint density at radius 3 is 2.48 bits per heavy atom. The zero-order valence-electron chi connectivity index (χ0n) is 13.6. The lowest BCUT2D eigenvalue weighted by Crippen LogP contribution is -2.35. The van der Waals surface area contributed by atoms with Crippen molar-refractivity contribution in [2.75, 3.05) is 31.6 Å². The van der Waals surface area contributed by atoms with Gasteiger partial charge in [-0.15, -0.1) is 0 Å². The van der Waals surface area contributed by atoms with Crippen LogP contribution in [0.4, 0.5) is 11.6 Å². The summed E-state index contributed by atoms with van der Waals surface area (Å²) in [7, 11) is 0. The first-order chi connectivity index (χ1) is 11.2. The minimum atomic E-state index is 0.242. The van der Waals surface area contributed by atoms with Crippen LogP contribution in [-0.4, -0.2) is 46.2 Å². The summed E-state index contributed by atoms with van der Waals surface area (Å²) in [5.74, 6) is 2.17. The fourth-order valence-corrected chi connectivity index (χ4v) is 3.09. The van der Waals surface area contributed by atoms with E-state index in [-0.39, 0.29) is 6.61 Å². The Morgan fingerprint density at radius 2 is 1.78 bits per heavy atom. The van der Waals surface area contributed by atoms with Crippen molar-refractivity contribution >= 4 is 11.6 Å². The van der Waals surface area contributed by atoms with E-state index in [0.717, 1.165) is 55.5 Å². The first-order valence-electron chi connectivity index (χ1n) is 8.25. The van der Waals surface area contributed by atoms with Gasteiger partial charge in [-0.2, -0.15) is 0 Å². The van der Waals surface area contributed by atoms with Crippen molar-refractivity contribution in [1.82, 2.24) is 14.9 Å². The molecule has 1 aliphatic rings. The molecule has 122 valence electrons. The Kier molecular flexibility index (Phi) is 5.20. The number of hydrogen-bond donors (Lipinski definition) is 2. The van der Waals surface area contributed by atoms with Gasteiger partial charge in [-0.1, -0.05) is 12.1 Å². The van der Waals surface area contributed by atoms with Crippen molar-refractivity contribution < 1.29 is 5.11 Å². The molecule has 0 amide bonds. The molecule has 0 bridgehead atoms. The molecule has 0 atom stereocenters. The van der Waals surface area contributed by atoms with Crippen LogP contribution < -0.4 is 5.32 Å². The van der Waals surface area contributed by atoms with Gasteiger partial charge in [0.1, 0.15) is 11.6 Å². The van der Waals surface area contributed by atoms with Crippen LogP contribution in [0, 0.1) is 6.92 Å². The first-order valence-corrected chi connectivity index (χ1v) is 8.25. The first kappa shape index (κ1) is 15.9. The SMILES string of the molecule is Cc1cccc(Nc2cccc(C3CCN(CCO)CC3)n2)n1. The Balaban J connectivity index is 1.66. The molecule has 5 nitrogen and oxygen atoms in total. The predicted octanol–water partition coefficient (Wildman–Crippen LogP) is 2.70. The minimum absolute atomic E-state index is 0.242. The zero-order valence-corrected chi connectivity index (χ0v) is 13.6. The number of aryl methyl sites for hydroxylation is 1. The van der Waals surface area contributed by atoms with Crippen molar-refractivity contribution in [3.05, 3.63) is 47.8 Å². The Morgan fingerprint density at radius 1 is 1.09 bits per heavy atom. The van der Waals surface area contributed by atoms with Crippen LogP contribution in [0.5, 0.6) is 0 Å². The molecule has 2 aromatic heterocycles. The Hall–Kier alpha value is -1.98. The van der Waals surface area contributed by atoms with Crippen LogP contribution in [0.3, 0.4) is 0 Å². The van der Waals surface area contributed by atoms with E-state index < -0.39 is 0 Å². The highest BCUT2D eigenvalue weighted by Crippen LogP contribution is 2.27. The number of β-amino-alcohol motifs (C(OH)–C–C–N with tert-alkyl or cyclic N) is 1. The summed E-state index contributed by atoms with van der Waals surface area (Å²) in [5.41, 5.74) is 2.13. The Bertz CT molecular complexity index is 638. The number of likely N-dealkylation sites (tertiary alicyclic amines) is 1. The quantitative estimate of drug-likeness (QED) is 0.889. The molecule has 1 aliphatic heterocycles. The van der Waals surface area contributed by atoms with Crippen LogP contribution >= 0.6 is 0 Å². The number of hydrogen-bond acceptors (Lipinski definition) is 5. The number of aromatic nitrogens is 2. The summed E-state index contributed by atoms with van der Waals surface area (Å²) >= 11 is 0. The summed E-state index contributed by atoms with van der Waals surface area (Å²) in [5, 5.41) is 12.3. The normalized spacial score (nSPS) is 16.4. The standard InChI is InChI=1S/C18H24N4O/c1-14-4-2-6-17(19-14)21-18-7-3-5-16(20-18)15-8-10-22(11-9-15)12-13-23/h2-7,15,23H,8-13H2,1H3,(H,19,20,21). The highest BCUT2D eigenvalue weighted by atomic mass is 16.3. The van der Waals surface area contributed by atoms with E-state index in [1.807, 2.05) is 31.2 Å². The number of nitrogens with zero attached hydrogens (tertiary/aromatic N) is 3. The monoisotopic (exact) mass is 312 g/mol. The fraction of sp³-hybridized carbons (Fsp3) is 0.444. The largest absolute Gasteiger partial charge is 0.395 e. The smallest absolute Gasteiger partial charge is 0.131 e. The number of piperidine rings is 1. The molecule has 0 aromatic carbocycles. The molecule has 0 aliphatic carbocycles. The molecule has 1 fully saturated rings. The summed E-state index contributed by atoms with van der Waals surface area (Å²) < 4.78 is 0. The van der Waals surface area contributed by atoms with Crippen molar-refractivity contribution in [3.63, 3.8) is 0 Å². The molecule has 3 rings (SSSR count). The van der Waals surface area contributed by atoms with Gasteiger partial charge in [-0.25, -0.2) is 9.97 Å². The third kappa shape index (κ3) is 4.27. The number of aliphatic hydroxyl groups excluding tert-OH is 1. The molecule has 2 aromatic rings. The van der Waals surface area contributed by atoms with E-state index in [2.05, 4.69) is 27.3 Å². The van der Waals surface area contributed by atoms with Gasteiger partial charge in [0.05, 0.1) is 6.61 Å². The van der Waals surface area contributed by atoms with Crippen molar-refractivity contribution in [2.45, 2.75) is 25.7 Å². The van der Waals surface area contributed by atoms with Crippen LogP contribution in [0.1, 0.15) is 30.1 Å². The average molecular weight is 312 g/mol. The molecule has 5 heteroatoms. The number of aliphatic hydroxyl groups is 1. The maximum atomic E-state index is 9.03. The van der Waals surface area contributed by atoms with Crippen LogP contribution in [0.25, 0.3) is 0 Å². The topological polar surface area (TPSA) is 61.3 Å². The lowest BCUT2D eigenvalue weighted by molar-refractivity contribution is 0.163. The third-order valence-electron chi connectivity index (χ3n) is 4.34. The van der Waals surface area contributed by atoms with Gasteiger partial charge >= 0.3 is 0 Å². The van der Waals surface area contributed by atoms with Gasteiger partial charge < -0.3 is 15.3 Å². The molecule has 3 heterocycles. The molecule has 2 N–H and O–H groups in total. The van der Waals surface area contributed by atoms with Crippen LogP contribution in [0.15, 0.2) is 36.4 Å². The van der Waals surface area contributed by atoms with Gasteiger partial charge in [-0.3, -0.25) is 0 Å². The molecule has 1 saturated heterocycles. The average Bonchev–Trinajstić information content (AvgIpc) is 2.56.